The van der Waals surface area contributed by atoms with Gasteiger partial charge in [0.1, 0.15) is 5.69 Å². The van der Waals surface area contributed by atoms with Crippen molar-refractivity contribution >= 4 is 17.5 Å². The summed E-state index contributed by atoms with van der Waals surface area (Å²) in [7, 11) is 0. The van der Waals surface area contributed by atoms with Crippen molar-refractivity contribution in [2.75, 3.05) is 4.90 Å². The van der Waals surface area contributed by atoms with Crippen LogP contribution in [0.1, 0.15) is 25.7 Å². The van der Waals surface area contributed by atoms with Gasteiger partial charge >= 0.3 is 0 Å². The second kappa shape index (κ2) is 4.89. The van der Waals surface area contributed by atoms with E-state index in [0.717, 1.165) is 0 Å². The molecule has 0 fully saturated rings. The Morgan fingerprint density at radius 3 is 1.41 bits per heavy atom. The number of anilines is 1. The average Bonchev–Trinajstić information content (AvgIpc) is 2.77. The number of benzene rings is 1. The molecule has 1 aromatic rings. The van der Waals surface area contributed by atoms with Gasteiger partial charge in [-0.15, -0.1) is 0 Å². The van der Waals surface area contributed by atoms with Crippen LogP contribution in [0, 0.1) is 29.1 Å². The maximum absolute atomic E-state index is 13.8. The Labute approximate surface area is 121 Å². The van der Waals surface area contributed by atoms with Gasteiger partial charge in [0, 0.05) is 11.1 Å². The summed E-state index contributed by atoms with van der Waals surface area (Å²) in [5, 5.41) is 0. The summed E-state index contributed by atoms with van der Waals surface area (Å²) in [6, 6.07) is 0. The van der Waals surface area contributed by atoms with E-state index < -0.39 is 46.6 Å². The van der Waals surface area contributed by atoms with Crippen molar-refractivity contribution < 1.29 is 31.5 Å². The van der Waals surface area contributed by atoms with Gasteiger partial charge in [-0.3, -0.25) is 9.59 Å². The Hall–Kier alpha value is -2.25. The van der Waals surface area contributed by atoms with Gasteiger partial charge in [0.2, 0.25) is 5.82 Å². The van der Waals surface area contributed by atoms with E-state index in [2.05, 4.69) is 0 Å². The predicted octanol–water partition coefficient (Wildman–Crippen LogP) is 3.13. The summed E-state index contributed by atoms with van der Waals surface area (Å²) in [6.07, 6.45) is 1.71. The van der Waals surface area contributed by atoms with Gasteiger partial charge in [-0.25, -0.2) is 26.9 Å². The van der Waals surface area contributed by atoms with Crippen LogP contribution in [0.25, 0.3) is 0 Å². The molecule has 1 aromatic carbocycles. The van der Waals surface area contributed by atoms with E-state index in [9.17, 15) is 31.5 Å². The summed E-state index contributed by atoms with van der Waals surface area (Å²) in [6.45, 7) is 0. The van der Waals surface area contributed by atoms with Gasteiger partial charge in [-0.05, 0) is 25.7 Å². The molecule has 0 N–H and O–H groups in total. The van der Waals surface area contributed by atoms with Gasteiger partial charge in [-0.2, -0.15) is 0 Å². The zero-order valence-corrected chi connectivity index (χ0v) is 11.0. The number of halogens is 5. The summed E-state index contributed by atoms with van der Waals surface area (Å²) < 4.78 is 67.1. The molecule has 3 nitrogen and oxygen atoms in total. The van der Waals surface area contributed by atoms with Crippen molar-refractivity contribution in [3.8, 4) is 0 Å². The second-order valence-corrected chi connectivity index (χ2v) is 5.03. The molecule has 2 amide bonds. The van der Waals surface area contributed by atoms with E-state index in [1.54, 1.807) is 0 Å². The molecule has 0 saturated heterocycles. The molecule has 1 heterocycles. The summed E-state index contributed by atoms with van der Waals surface area (Å²) in [5.41, 5.74) is -1.35. The highest BCUT2D eigenvalue weighted by molar-refractivity contribution is 6.33. The van der Waals surface area contributed by atoms with Gasteiger partial charge in [-0.1, -0.05) is 0 Å². The molecule has 2 aliphatic rings. The van der Waals surface area contributed by atoms with Crippen molar-refractivity contribution in [3.63, 3.8) is 0 Å². The van der Waals surface area contributed by atoms with E-state index in [0.29, 0.717) is 12.8 Å². The third-order valence-corrected chi connectivity index (χ3v) is 3.80. The van der Waals surface area contributed by atoms with Crippen LogP contribution in [0.3, 0.4) is 0 Å². The number of nitrogens with zero attached hydrogens (tertiary/aromatic N) is 1. The summed E-state index contributed by atoms with van der Waals surface area (Å²) in [5.74, 6) is -13.2. The molecule has 1 aliphatic carbocycles. The van der Waals surface area contributed by atoms with Crippen molar-refractivity contribution in [1.29, 1.82) is 0 Å². The van der Waals surface area contributed by atoms with Crippen molar-refractivity contribution in [3.05, 3.63) is 40.2 Å². The van der Waals surface area contributed by atoms with Gasteiger partial charge in [0.05, 0.1) is 0 Å². The smallest absolute Gasteiger partial charge is 0.261 e. The largest absolute Gasteiger partial charge is 0.269 e. The molecule has 116 valence electrons. The lowest BCUT2D eigenvalue weighted by Gasteiger charge is -2.17. The van der Waals surface area contributed by atoms with E-state index >= 15 is 0 Å². The first-order chi connectivity index (χ1) is 10.4. The molecule has 0 bridgehead atoms. The third kappa shape index (κ3) is 1.79. The van der Waals surface area contributed by atoms with Crippen molar-refractivity contribution in [2.45, 2.75) is 25.7 Å². The molecule has 0 spiro atoms. The number of rotatable bonds is 1. The highest BCUT2D eigenvalue weighted by atomic mass is 19.2. The molecule has 0 saturated carbocycles. The van der Waals surface area contributed by atoms with E-state index in [-0.39, 0.29) is 28.9 Å². The lowest BCUT2D eigenvalue weighted by Crippen LogP contribution is -2.34. The zero-order valence-electron chi connectivity index (χ0n) is 11.0. The first-order valence-corrected chi connectivity index (χ1v) is 6.48. The molecule has 22 heavy (non-hydrogen) atoms. The SMILES string of the molecule is O=C1C2=C(CCCC2)C(=O)N1c1c(F)c(F)c(F)c(F)c1F. The fourth-order valence-electron chi connectivity index (χ4n) is 2.73. The van der Waals surface area contributed by atoms with Gasteiger partial charge < -0.3 is 0 Å². The number of hydrogen-bond acceptors (Lipinski definition) is 2. The fourth-order valence-corrected chi connectivity index (χ4v) is 2.73. The van der Waals surface area contributed by atoms with Gasteiger partial charge in [0.15, 0.2) is 23.3 Å². The van der Waals surface area contributed by atoms with Crippen LogP contribution in [-0.2, 0) is 9.59 Å². The molecular weight excluding hydrogens is 309 g/mol. The maximum Gasteiger partial charge on any atom is 0.261 e. The van der Waals surface area contributed by atoms with Crippen LogP contribution >= 0.6 is 0 Å². The lowest BCUT2D eigenvalue weighted by atomic mass is 9.93. The van der Waals surface area contributed by atoms with Crippen LogP contribution in [-0.4, -0.2) is 11.8 Å². The number of imide groups is 1. The Kier molecular flexibility index (Phi) is 3.26. The van der Waals surface area contributed by atoms with Crippen molar-refractivity contribution in [1.82, 2.24) is 0 Å². The number of amides is 2. The monoisotopic (exact) mass is 317 g/mol. The highest BCUT2D eigenvalue weighted by Gasteiger charge is 2.44. The molecule has 3 rings (SSSR count). The molecule has 0 atom stereocenters. The Morgan fingerprint density at radius 2 is 1.00 bits per heavy atom. The summed E-state index contributed by atoms with van der Waals surface area (Å²) in [4.78, 5) is 24.3. The number of hydrogen-bond donors (Lipinski definition) is 0. The summed E-state index contributed by atoms with van der Waals surface area (Å²) >= 11 is 0. The quantitative estimate of drug-likeness (QED) is 0.345. The first-order valence-electron chi connectivity index (χ1n) is 6.48. The third-order valence-electron chi connectivity index (χ3n) is 3.80. The normalized spacial score (nSPS) is 18.3. The van der Waals surface area contributed by atoms with E-state index in [1.165, 1.54) is 0 Å². The van der Waals surface area contributed by atoms with E-state index in [1.807, 2.05) is 0 Å². The molecule has 1 aliphatic heterocycles. The maximum atomic E-state index is 13.8. The van der Waals surface area contributed by atoms with Crippen LogP contribution in [0.4, 0.5) is 27.6 Å². The fraction of sp³-hybridized carbons (Fsp3) is 0.286. The standard InChI is InChI=1S/C14H8F5NO2/c15-7-8(16)10(18)12(11(19)9(7)17)20-13(21)5-3-1-2-4-6(5)14(20)22/h1-4H2. The lowest BCUT2D eigenvalue weighted by molar-refractivity contribution is -0.120. The minimum atomic E-state index is -2.34. The minimum absolute atomic E-state index is 0.0479. The Morgan fingerprint density at radius 1 is 0.636 bits per heavy atom. The Balaban J connectivity index is 2.18. The minimum Gasteiger partial charge on any atom is -0.269 e. The van der Waals surface area contributed by atoms with Crippen molar-refractivity contribution in [2.24, 2.45) is 0 Å². The molecular formula is C14H8F5NO2. The average molecular weight is 317 g/mol. The first kappa shape index (κ1) is 14.7. The molecule has 0 radical (unpaired) electrons. The molecule has 0 aromatic heterocycles. The van der Waals surface area contributed by atoms with Crippen LogP contribution in [0.5, 0.6) is 0 Å². The molecule has 8 heteroatoms. The highest BCUT2D eigenvalue weighted by Crippen LogP contribution is 2.39. The second-order valence-electron chi connectivity index (χ2n) is 5.03. The van der Waals surface area contributed by atoms with E-state index in [4.69, 9.17) is 0 Å². The zero-order chi connectivity index (χ0) is 16.2. The number of carbonyl (C=O) groups excluding carboxylic acids is 2. The topological polar surface area (TPSA) is 37.4 Å². The van der Waals surface area contributed by atoms with Crippen LogP contribution in [0.2, 0.25) is 0 Å². The Bertz CT molecular complexity index is 699. The van der Waals surface area contributed by atoms with Crippen LogP contribution in [0.15, 0.2) is 11.1 Å². The predicted molar refractivity (Wildman–Crippen MR) is 64.2 cm³/mol. The van der Waals surface area contributed by atoms with Gasteiger partial charge in [0.25, 0.3) is 11.8 Å². The van der Waals surface area contributed by atoms with Crippen LogP contribution < -0.4 is 4.90 Å². The number of carbonyl (C=O) groups is 2. The molecule has 0 unspecified atom stereocenters.